The van der Waals surface area contributed by atoms with Gasteiger partial charge in [-0.2, -0.15) is 0 Å². The summed E-state index contributed by atoms with van der Waals surface area (Å²) in [5.41, 5.74) is 1.58. The molecule has 1 aromatic rings. The van der Waals surface area contributed by atoms with Crippen LogP contribution in [0.1, 0.15) is 6.92 Å². The van der Waals surface area contributed by atoms with Crippen LogP contribution < -0.4 is 15.4 Å². The predicted octanol–water partition coefficient (Wildman–Crippen LogP) is 1.82. The highest BCUT2D eigenvalue weighted by molar-refractivity contribution is 5.93. The molecule has 0 radical (unpaired) electrons. The topological polar surface area (TPSA) is 59.6 Å². The summed E-state index contributed by atoms with van der Waals surface area (Å²) in [6, 6.07) is 7.33. The van der Waals surface area contributed by atoms with Crippen LogP contribution in [0.25, 0.3) is 0 Å². The fourth-order valence-electron chi connectivity index (χ4n) is 1.47. The van der Waals surface area contributed by atoms with Crippen molar-refractivity contribution in [2.24, 2.45) is 0 Å². The van der Waals surface area contributed by atoms with E-state index in [9.17, 15) is 4.79 Å². The molecule has 110 valence electrons. The standard InChI is InChI=1S/C15H22N2O3/c1-12(2)11-20-14-7-5-4-6-13(14)17-15(18)10-16-8-9-19-3/h4-7,16H,1,8-11H2,2-3H3,(H,17,18). The molecule has 5 heteroatoms. The first-order valence-electron chi connectivity index (χ1n) is 6.49. The Morgan fingerprint density at radius 1 is 1.35 bits per heavy atom. The highest BCUT2D eigenvalue weighted by Crippen LogP contribution is 2.23. The summed E-state index contributed by atoms with van der Waals surface area (Å²) in [7, 11) is 1.62. The third-order valence-electron chi connectivity index (χ3n) is 2.40. The molecule has 0 aliphatic rings. The lowest BCUT2D eigenvalue weighted by Gasteiger charge is -2.12. The molecule has 2 N–H and O–H groups in total. The summed E-state index contributed by atoms with van der Waals surface area (Å²) in [4.78, 5) is 11.8. The number of amides is 1. The van der Waals surface area contributed by atoms with Crippen molar-refractivity contribution in [3.8, 4) is 5.75 Å². The Bertz CT molecular complexity index is 446. The van der Waals surface area contributed by atoms with Crippen LogP contribution in [0.4, 0.5) is 5.69 Å². The summed E-state index contributed by atoms with van der Waals surface area (Å²) in [6.45, 7) is 7.55. The lowest BCUT2D eigenvalue weighted by Crippen LogP contribution is -2.30. The minimum Gasteiger partial charge on any atom is -0.487 e. The minimum atomic E-state index is -0.118. The maximum atomic E-state index is 11.8. The summed E-state index contributed by atoms with van der Waals surface area (Å²) in [5.74, 6) is 0.521. The number of ether oxygens (including phenoxy) is 2. The molecule has 0 bridgehead atoms. The molecule has 0 atom stereocenters. The monoisotopic (exact) mass is 278 g/mol. The summed E-state index contributed by atoms with van der Waals surface area (Å²) in [6.07, 6.45) is 0. The molecule has 0 aliphatic carbocycles. The molecule has 0 spiro atoms. The molecule has 1 aromatic carbocycles. The van der Waals surface area contributed by atoms with Crippen LogP contribution in [-0.4, -0.2) is 39.3 Å². The first-order valence-corrected chi connectivity index (χ1v) is 6.49. The van der Waals surface area contributed by atoms with Crippen LogP contribution in [0.2, 0.25) is 0 Å². The van der Waals surface area contributed by atoms with Crippen molar-refractivity contribution in [2.75, 3.05) is 38.7 Å². The molecular weight excluding hydrogens is 256 g/mol. The Balaban J connectivity index is 2.49. The van der Waals surface area contributed by atoms with Crippen molar-refractivity contribution in [3.63, 3.8) is 0 Å². The van der Waals surface area contributed by atoms with Gasteiger partial charge in [-0.1, -0.05) is 18.7 Å². The van der Waals surface area contributed by atoms with Crippen molar-refractivity contribution in [1.82, 2.24) is 5.32 Å². The van der Waals surface area contributed by atoms with Gasteiger partial charge < -0.3 is 20.1 Å². The third-order valence-corrected chi connectivity index (χ3v) is 2.40. The lowest BCUT2D eigenvalue weighted by molar-refractivity contribution is -0.115. The SMILES string of the molecule is C=C(C)COc1ccccc1NC(=O)CNCCOC. The Hall–Kier alpha value is -1.85. The number of anilines is 1. The molecular formula is C15H22N2O3. The van der Waals surface area contributed by atoms with Crippen molar-refractivity contribution >= 4 is 11.6 Å². The van der Waals surface area contributed by atoms with Gasteiger partial charge in [-0.15, -0.1) is 0 Å². The maximum Gasteiger partial charge on any atom is 0.238 e. The second-order valence-electron chi connectivity index (χ2n) is 4.46. The summed E-state index contributed by atoms with van der Waals surface area (Å²) in [5, 5.41) is 5.80. The van der Waals surface area contributed by atoms with E-state index in [-0.39, 0.29) is 12.5 Å². The molecule has 0 unspecified atom stereocenters. The molecule has 1 rings (SSSR count). The molecule has 0 heterocycles. The average molecular weight is 278 g/mol. The van der Waals surface area contributed by atoms with Crippen molar-refractivity contribution < 1.29 is 14.3 Å². The average Bonchev–Trinajstić information content (AvgIpc) is 2.42. The van der Waals surface area contributed by atoms with E-state index in [0.29, 0.717) is 31.2 Å². The Morgan fingerprint density at radius 3 is 2.80 bits per heavy atom. The largest absolute Gasteiger partial charge is 0.487 e. The van der Waals surface area contributed by atoms with Gasteiger partial charge in [-0.3, -0.25) is 4.79 Å². The molecule has 5 nitrogen and oxygen atoms in total. The van der Waals surface area contributed by atoms with Crippen molar-refractivity contribution in [3.05, 3.63) is 36.4 Å². The van der Waals surface area contributed by atoms with E-state index in [0.717, 1.165) is 5.57 Å². The second-order valence-corrected chi connectivity index (χ2v) is 4.46. The highest BCUT2D eigenvalue weighted by atomic mass is 16.5. The number of carbonyl (C=O) groups is 1. The number of nitrogens with one attached hydrogen (secondary N) is 2. The number of carbonyl (C=O) groups excluding carboxylic acids is 1. The number of para-hydroxylation sites is 2. The molecule has 0 aliphatic heterocycles. The molecule has 1 amide bonds. The summed E-state index contributed by atoms with van der Waals surface area (Å²) < 4.78 is 10.5. The van der Waals surface area contributed by atoms with Crippen molar-refractivity contribution in [1.29, 1.82) is 0 Å². The number of benzene rings is 1. The quantitative estimate of drug-likeness (QED) is 0.534. The van der Waals surface area contributed by atoms with E-state index >= 15 is 0 Å². The first kappa shape index (κ1) is 16.2. The van der Waals surface area contributed by atoms with E-state index in [4.69, 9.17) is 9.47 Å². The van der Waals surface area contributed by atoms with E-state index < -0.39 is 0 Å². The Labute approximate surface area is 120 Å². The van der Waals surface area contributed by atoms with Gasteiger partial charge in [0.2, 0.25) is 5.91 Å². The fourth-order valence-corrected chi connectivity index (χ4v) is 1.47. The van der Waals surface area contributed by atoms with E-state index in [1.54, 1.807) is 13.2 Å². The number of rotatable bonds is 9. The van der Waals surface area contributed by atoms with Crippen molar-refractivity contribution in [2.45, 2.75) is 6.92 Å². The lowest BCUT2D eigenvalue weighted by atomic mass is 10.3. The zero-order valence-electron chi connectivity index (χ0n) is 12.1. The van der Waals surface area contributed by atoms with Crippen LogP contribution in [0, 0.1) is 0 Å². The maximum absolute atomic E-state index is 11.8. The van der Waals surface area contributed by atoms with Crippen LogP contribution >= 0.6 is 0 Å². The van der Waals surface area contributed by atoms with Gasteiger partial charge in [0, 0.05) is 13.7 Å². The van der Waals surface area contributed by atoms with Crippen LogP contribution in [0.15, 0.2) is 36.4 Å². The number of hydrogen-bond acceptors (Lipinski definition) is 4. The van der Waals surface area contributed by atoms with Gasteiger partial charge in [0.05, 0.1) is 18.8 Å². The zero-order chi connectivity index (χ0) is 14.8. The predicted molar refractivity (Wildman–Crippen MR) is 80.1 cm³/mol. The van der Waals surface area contributed by atoms with Gasteiger partial charge in [0.25, 0.3) is 0 Å². The highest BCUT2D eigenvalue weighted by Gasteiger charge is 2.07. The van der Waals surface area contributed by atoms with Gasteiger partial charge in [-0.25, -0.2) is 0 Å². The third kappa shape index (κ3) is 6.36. The van der Waals surface area contributed by atoms with Gasteiger partial charge in [0.1, 0.15) is 12.4 Å². The smallest absolute Gasteiger partial charge is 0.238 e. The van der Waals surface area contributed by atoms with Gasteiger partial charge in [-0.05, 0) is 24.6 Å². The minimum absolute atomic E-state index is 0.118. The normalized spacial score (nSPS) is 10.1. The summed E-state index contributed by atoms with van der Waals surface area (Å²) >= 11 is 0. The van der Waals surface area contributed by atoms with Gasteiger partial charge >= 0.3 is 0 Å². The molecule has 0 saturated heterocycles. The van der Waals surface area contributed by atoms with E-state index in [1.165, 1.54) is 0 Å². The van der Waals surface area contributed by atoms with Crippen LogP contribution in [0.3, 0.4) is 0 Å². The van der Waals surface area contributed by atoms with E-state index in [2.05, 4.69) is 17.2 Å². The first-order chi connectivity index (χ1) is 9.63. The van der Waals surface area contributed by atoms with Gasteiger partial charge in [0.15, 0.2) is 0 Å². The Kier molecular flexibility index (Phi) is 7.39. The number of methoxy groups -OCH3 is 1. The second kappa shape index (κ2) is 9.12. The van der Waals surface area contributed by atoms with E-state index in [1.807, 2.05) is 25.1 Å². The molecule has 0 saturated carbocycles. The number of hydrogen-bond donors (Lipinski definition) is 2. The fraction of sp³-hybridized carbons (Fsp3) is 0.400. The molecule has 0 fully saturated rings. The van der Waals surface area contributed by atoms with Crippen LogP contribution in [-0.2, 0) is 9.53 Å². The van der Waals surface area contributed by atoms with Crippen LogP contribution in [0.5, 0.6) is 5.75 Å². The molecule has 0 aromatic heterocycles. The zero-order valence-corrected chi connectivity index (χ0v) is 12.1. The molecule has 20 heavy (non-hydrogen) atoms. The Morgan fingerprint density at radius 2 is 2.10 bits per heavy atom.